The van der Waals surface area contributed by atoms with E-state index in [4.69, 9.17) is 0 Å². The van der Waals surface area contributed by atoms with Crippen LogP contribution in [0.15, 0.2) is 41.1 Å². The van der Waals surface area contributed by atoms with Crippen LogP contribution in [0.1, 0.15) is 31.0 Å². The largest absolute Gasteiger partial charge is 0.378 e. The van der Waals surface area contributed by atoms with E-state index in [0.29, 0.717) is 12.1 Å². The Morgan fingerprint density at radius 3 is 2.35 bits per heavy atom. The van der Waals surface area contributed by atoms with E-state index in [1.807, 2.05) is 0 Å². The predicted molar refractivity (Wildman–Crippen MR) is 89.8 cm³/mol. The summed E-state index contributed by atoms with van der Waals surface area (Å²) in [6.45, 7) is 4.48. The standard InChI is InChI=1S/C17H24N2S/c1-13(11-15-9-10-20-12-15)18-14(2)16-5-7-17(8-6-16)19(3)4/h5-10,12-14,18H,11H2,1-4H3. The quantitative estimate of drug-likeness (QED) is 0.861. The van der Waals surface area contributed by atoms with Crippen LogP contribution in [-0.2, 0) is 6.42 Å². The van der Waals surface area contributed by atoms with Crippen molar-refractivity contribution in [2.24, 2.45) is 0 Å². The van der Waals surface area contributed by atoms with Gasteiger partial charge in [0.15, 0.2) is 0 Å². The van der Waals surface area contributed by atoms with Gasteiger partial charge in [-0.15, -0.1) is 0 Å². The number of rotatable bonds is 6. The molecule has 108 valence electrons. The molecule has 0 aliphatic heterocycles. The first kappa shape index (κ1) is 15.1. The van der Waals surface area contributed by atoms with E-state index in [2.05, 4.69) is 79.3 Å². The van der Waals surface area contributed by atoms with Crippen molar-refractivity contribution in [2.75, 3.05) is 19.0 Å². The van der Waals surface area contributed by atoms with Crippen LogP contribution < -0.4 is 10.2 Å². The molecule has 1 heterocycles. The fraction of sp³-hybridized carbons (Fsp3) is 0.412. The fourth-order valence-corrected chi connectivity index (χ4v) is 3.09. The third-order valence-electron chi connectivity index (χ3n) is 3.57. The zero-order valence-electron chi connectivity index (χ0n) is 12.8. The number of thiophene rings is 1. The molecule has 0 spiro atoms. The molecule has 0 saturated heterocycles. The maximum atomic E-state index is 3.67. The molecule has 0 aliphatic rings. The highest BCUT2D eigenvalue weighted by Gasteiger charge is 2.10. The van der Waals surface area contributed by atoms with Gasteiger partial charge in [0.25, 0.3) is 0 Å². The van der Waals surface area contributed by atoms with Gasteiger partial charge in [0.1, 0.15) is 0 Å². The van der Waals surface area contributed by atoms with Crippen LogP contribution in [0.4, 0.5) is 5.69 Å². The molecule has 2 rings (SSSR count). The molecule has 0 radical (unpaired) electrons. The Kier molecular flexibility index (Phi) is 5.21. The van der Waals surface area contributed by atoms with E-state index in [0.717, 1.165) is 6.42 Å². The van der Waals surface area contributed by atoms with Gasteiger partial charge in [-0.2, -0.15) is 11.3 Å². The first-order valence-electron chi connectivity index (χ1n) is 7.10. The number of hydrogen-bond donors (Lipinski definition) is 1. The fourth-order valence-electron chi connectivity index (χ4n) is 2.41. The molecule has 0 bridgehead atoms. The monoisotopic (exact) mass is 288 g/mol. The van der Waals surface area contributed by atoms with Gasteiger partial charge < -0.3 is 10.2 Å². The summed E-state index contributed by atoms with van der Waals surface area (Å²) in [5.74, 6) is 0. The smallest absolute Gasteiger partial charge is 0.0361 e. The van der Waals surface area contributed by atoms with Gasteiger partial charge in [-0.25, -0.2) is 0 Å². The molecule has 0 aliphatic carbocycles. The minimum absolute atomic E-state index is 0.375. The van der Waals surface area contributed by atoms with Crippen LogP contribution in [0.3, 0.4) is 0 Å². The van der Waals surface area contributed by atoms with E-state index >= 15 is 0 Å². The predicted octanol–water partition coefficient (Wildman–Crippen LogP) is 4.10. The molecule has 20 heavy (non-hydrogen) atoms. The normalized spacial score (nSPS) is 14.0. The van der Waals surface area contributed by atoms with Crippen LogP contribution in [0.2, 0.25) is 0 Å². The van der Waals surface area contributed by atoms with Crippen molar-refractivity contribution < 1.29 is 0 Å². The van der Waals surface area contributed by atoms with E-state index in [1.165, 1.54) is 16.8 Å². The molecular formula is C17H24N2S. The van der Waals surface area contributed by atoms with Crippen LogP contribution in [0.25, 0.3) is 0 Å². The second-order valence-corrected chi connectivity index (χ2v) is 6.39. The average molecular weight is 288 g/mol. The number of benzene rings is 1. The van der Waals surface area contributed by atoms with E-state index in [-0.39, 0.29) is 0 Å². The van der Waals surface area contributed by atoms with Crippen LogP contribution in [0.5, 0.6) is 0 Å². The highest BCUT2D eigenvalue weighted by Crippen LogP contribution is 2.18. The second kappa shape index (κ2) is 6.91. The lowest BCUT2D eigenvalue weighted by Gasteiger charge is -2.21. The van der Waals surface area contributed by atoms with E-state index in [1.54, 1.807) is 11.3 Å². The Bertz CT molecular complexity index is 502. The molecule has 2 unspecified atom stereocenters. The topological polar surface area (TPSA) is 15.3 Å². The summed E-state index contributed by atoms with van der Waals surface area (Å²) in [6, 6.07) is 11.8. The molecule has 1 N–H and O–H groups in total. The Morgan fingerprint density at radius 2 is 1.80 bits per heavy atom. The maximum absolute atomic E-state index is 3.67. The highest BCUT2D eigenvalue weighted by molar-refractivity contribution is 7.07. The maximum Gasteiger partial charge on any atom is 0.0361 e. The zero-order valence-corrected chi connectivity index (χ0v) is 13.6. The molecule has 2 nitrogen and oxygen atoms in total. The van der Waals surface area contributed by atoms with Crippen molar-refractivity contribution in [2.45, 2.75) is 32.4 Å². The van der Waals surface area contributed by atoms with Gasteiger partial charge in [0, 0.05) is 31.9 Å². The van der Waals surface area contributed by atoms with Gasteiger partial charge in [0.2, 0.25) is 0 Å². The average Bonchev–Trinajstić information content (AvgIpc) is 2.91. The summed E-state index contributed by atoms with van der Waals surface area (Å²) in [6.07, 6.45) is 1.09. The highest BCUT2D eigenvalue weighted by atomic mass is 32.1. The van der Waals surface area contributed by atoms with E-state index in [9.17, 15) is 0 Å². The number of nitrogens with one attached hydrogen (secondary N) is 1. The second-order valence-electron chi connectivity index (χ2n) is 5.61. The van der Waals surface area contributed by atoms with Crippen LogP contribution >= 0.6 is 11.3 Å². The van der Waals surface area contributed by atoms with Crippen molar-refractivity contribution in [3.8, 4) is 0 Å². The minimum Gasteiger partial charge on any atom is -0.378 e. The summed E-state index contributed by atoms with van der Waals surface area (Å²) in [5, 5.41) is 8.05. The Hall–Kier alpha value is -1.32. The third kappa shape index (κ3) is 4.09. The molecule has 0 saturated carbocycles. The first-order chi connectivity index (χ1) is 9.56. The summed E-state index contributed by atoms with van der Waals surface area (Å²) < 4.78 is 0. The van der Waals surface area contributed by atoms with Crippen molar-refractivity contribution in [1.29, 1.82) is 0 Å². The van der Waals surface area contributed by atoms with Gasteiger partial charge in [0.05, 0.1) is 0 Å². The van der Waals surface area contributed by atoms with Gasteiger partial charge in [-0.3, -0.25) is 0 Å². The molecule has 1 aromatic heterocycles. The van der Waals surface area contributed by atoms with Crippen molar-refractivity contribution in [3.63, 3.8) is 0 Å². The Morgan fingerprint density at radius 1 is 1.10 bits per heavy atom. The van der Waals surface area contributed by atoms with Crippen molar-refractivity contribution in [1.82, 2.24) is 5.32 Å². The Balaban J connectivity index is 1.92. The summed E-state index contributed by atoms with van der Waals surface area (Å²) in [4.78, 5) is 2.13. The van der Waals surface area contributed by atoms with Crippen molar-refractivity contribution in [3.05, 3.63) is 52.2 Å². The zero-order chi connectivity index (χ0) is 14.5. The number of hydrogen-bond acceptors (Lipinski definition) is 3. The van der Waals surface area contributed by atoms with Gasteiger partial charge >= 0.3 is 0 Å². The lowest BCUT2D eigenvalue weighted by atomic mass is 10.0. The van der Waals surface area contributed by atoms with Crippen LogP contribution in [0, 0.1) is 0 Å². The molecule has 0 amide bonds. The summed E-state index contributed by atoms with van der Waals surface area (Å²) in [5.41, 5.74) is 4.00. The van der Waals surface area contributed by atoms with E-state index < -0.39 is 0 Å². The first-order valence-corrected chi connectivity index (χ1v) is 8.05. The van der Waals surface area contributed by atoms with Crippen LogP contribution in [-0.4, -0.2) is 20.1 Å². The molecule has 3 heteroatoms. The van der Waals surface area contributed by atoms with Gasteiger partial charge in [-0.1, -0.05) is 12.1 Å². The third-order valence-corrected chi connectivity index (χ3v) is 4.30. The van der Waals surface area contributed by atoms with Gasteiger partial charge in [-0.05, 0) is 60.4 Å². The molecule has 2 atom stereocenters. The molecule has 0 fully saturated rings. The summed E-state index contributed by atoms with van der Waals surface area (Å²) in [7, 11) is 4.14. The SMILES string of the molecule is CC(Cc1ccsc1)NC(C)c1ccc(N(C)C)cc1. The molecule has 2 aromatic rings. The molecular weight excluding hydrogens is 264 g/mol. The Labute approximate surface area is 126 Å². The minimum atomic E-state index is 0.375. The number of nitrogens with zero attached hydrogens (tertiary/aromatic N) is 1. The van der Waals surface area contributed by atoms with Crippen molar-refractivity contribution >= 4 is 17.0 Å². The molecule has 1 aromatic carbocycles. The summed E-state index contributed by atoms with van der Waals surface area (Å²) >= 11 is 1.77. The lowest BCUT2D eigenvalue weighted by molar-refractivity contribution is 0.477. The lowest BCUT2D eigenvalue weighted by Crippen LogP contribution is -2.30. The number of anilines is 1.